The lowest BCUT2D eigenvalue weighted by atomic mass is 9.98. The van der Waals surface area contributed by atoms with Crippen LogP contribution in [0.1, 0.15) is 41.1 Å². The molecule has 118 valence electrons. The highest BCUT2D eigenvalue weighted by Crippen LogP contribution is 2.28. The zero-order chi connectivity index (χ0) is 15.9. The smallest absolute Gasteiger partial charge is 0.125 e. The van der Waals surface area contributed by atoms with Crippen molar-refractivity contribution >= 4 is 0 Å². The van der Waals surface area contributed by atoms with Gasteiger partial charge in [-0.3, -0.25) is 0 Å². The number of ether oxygens (including phenoxy) is 1. The van der Waals surface area contributed by atoms with Crippen molar-refractivity contribution < 1.29 is 4.74 Å². The third-order valence-corrected chi connectivity index (χ3v) is 3.86. The molecule has 0 amide bonds. The predicted molar refractivity (Wildman–Crippen MR) is 91.9 cm³/mol. The minimum Gasteiger partial charge on any atom is -0.488 e. The summed E-state index contributed by atoms with van der Waals surface area (Å²) in [7, 11) is 0. The fourth-order valence-electron chi connectivity index (χ4n) is 2.66. The summed E-state index contributed by atoms with van der Waals surface area (Å²) >= 11 is 0. The molecule has 2 rings (SSSR count). The second-order valence-electron chi connectivity index (χ2n) is 5.80. The summed E-state index contributed by atoms with van der Waals surface area (Å²) in [5.41, 5.74) is 16.4. The van der Waals surface area contributed by atoms with Crippen LogP contribution in [0.3, 0.4) is 0 Å². The summed E-state index contributed by atoms with van der Waals surface area (Å²) < 4.78 is 6.01. The molecule has 1 atom stereocenters. The maximum Gasteiger partial charge on any atom is 0.125 e. The van der Waals surface area contributed by atoms with Crippen molar-refractivity contribution in [1.29, 1.82) is 0 Å². The summed E-state index contributed by atoms with van der Waals surface area (Å²) in [4.78, 5) is 0. The van der Waals surface area contributed by atoms with Gasteiger partial charge in [0.05, 0.1) is 0 Å². The van der Waals surface area contributed by atoms with E-state index in [1.807, 2.05) is 18.2 Å². The number of rotatable bonds is 7. The first-order valence-corrected chi connectivity index (χ1v) is 7.85. The van der Waals surface area contributed by atoms with Gasteiger partial charge in [-0.15, -0.1) is 0 Å². The van der Waals surface area contributed by atoms with Crippen LogP contribution in [0.4, 0.5) is 0 Å². The van der Waals surface area contributed by atoms with Gasteiger partial charge < -0.3 is 16.2 Å². The van der Waals surface area contributed by atoms with Crippen LogP contribution in [-0.2, 0) is 6.61 Å². The van der Waals surface area contributed by atoms with E-state index in [9.17, 15) is 0 Å². The molecule has 4 N–H and O–H groups in total. The van der Waals surface area contributed by atoms with Crippen molar-refractivity contribution in [2.45, 2.75) is 39.3 Å². The molecule has 0 aliphatic heterocycles. The summed E-state index contributed by atoms with van der Waals surface area (Å²) in [5.74, 6) is 0.957. The average Bonchev–Trinajstić information content (AvgIpc) is 2.52. The van der Waals surface area contributed by atoms with Crippen LogP contribution in [-0.4, -0.2) is 6.54 Å². The van der Waals surface area contributed by atoms with E-state index < -0.39 is 0 Å². The van der Waals surface area contributed by atoms with E-state index in [4.69, 9.17) is 16.2 Å². The molecule has 0 aliphatic rings. The third kappa shape index (κ3) is 4.33. The number of benzene rings is 2. The van der Waals surface area contributed by atoms with Gasteiger partial charge in [0.25, 0.3) is 0 Å². The largest absolute Gasteiger partial charge is 0.488 e. The predicted octanol–water partition coefficient (Wildman–Crippen LogP) is 3.62. The third-order valence-electron chi connectivity index (χ3n) is 3.86. The number of hydrogen-bond donors (Lipinski definition) is 2. The van der Waals surface area contributed by atoms with Crippen LogP contribution in [0, 0.1) is 13.8 Å². The van der Waals surface area contributed by atoms with Gasteiger partial charge in [-0.2, -0.15) is 0 Å². The topological polar surface area (TPSA) is 61.3 Å². The number of hydrogen-bond acceptors (Lipinski definition) is 3. The summed E-state index contributed by atoms with van der Waals surface area (Å²) in [6.07, 6.45) is 1.87. The van der Waals surface area contributed by atoms with E-state index in [1.165, 1.54) is 5.56 Å². The van der Waals surface area contributed by atoms with Crippen molar-refractivity contribution in [3.05, 3.63) is 64.7 Å². The van der Waals surface area contributed by atoms with E-state index in [-0.39, 0.29) is 6.04 Å². The molecular formula is C19H26N2O. The molecular weight excluding hydrogens is 272 g/mol. The van der Waals surface area contributed by atoms with Crippen LogP contribution >= 0.6 is 0 Å². The highest BCUT2D eigenvalue weighted by atomic mass is 16.5. The Hall–Kier alpha value is -1.84. The summed E-state index contributed by atoms with van der Waals surface area (Å²) in [6.45, 7) is 5.42. The molecule has 0 aliphatic carbocycles. The van der Waals surface area contributed by atoms with Crippen LogP contribution in [0.15, 0.2) is 42.5 Å². The van der Waals surface area contributed by atoms with Crippen molar-refractivity contribution in [3.8, 4) is 5.75 Å². The molecule has 0 radical (unpaired) electrons. The fourth-order valence-corrected chi connectivity index (χ4v) is 2.66. The Labute approximate surface area is 133 Å². The molecule has 0 unspecified atom stereocenters. The fraction of sp³-hybridized carbons (Fsp3) is 0.368. The second-order valence-corrected chi connectivity index (χ2v) is 5.80. The maximum absolute atomic E-state index is 6.24. The summed E-state index contributed by atoms with van der Waals surface area (Å²) in [5, 5.41) is 0. The second kappa shape index (κ2) is 7.97. The van der Waals surface area contributed by atoms with E-state index in [0.29, 0.717) is 13.2 Å². The monoisotopic (exact) mass is 298 g/mol. The van der Waals surface area contributed by atoms with E-state index in [0.717, 1.165) is 35.3 Å². The Kier molecular flexibility index (Phi) is 5.99. The first-order valence-electron chi connectivity index (χ1n) is 7.85. The van der Waals surface area contributed by atoms with Gasteiger partial charge in [-0.25, -0.2) is 0 Å². The molecule has 2 aromatic rings. The van der Waals surface area contributed by atoms with Crippen LogP contribution in [0.25, 0.3) is 0 Å². The van der Waals surface area contributed by atoms with Crippen LogP contribution in [0.2, 0.25) is 0 Å². The Bertz CT molecular complexity index is 573. The van der Waals surface area contributed by atoms with Crippen molar-refractivity contribution in [2.24, 2.45) is 11.5 Å². The minimum absolute atomic E-state index is 0.0455. The Balaban J connectivity index is 2.09. The SMILES string of the molecule is Cc1cc([C@H](N)CCCN)cc(C)c1OCc1ccccc1. The van der Waals surface area contributed by atoms with Crippen molar-refractivity contribution in [3.63, 3.8) is 0 Å². The number of nitrogens with two attached hydrogens (primary N) is 2. The summed E-state index contributed by atoms with van der Waals surface area (Å²) in [6, 6.07) is 14.5. The normalized spacial score (nSPS) is 12.2. The quantitative estimate of drug-likeness (QED) is 0.820. The first kappa shape index (κ1) is 16.5. The van der Waals surface area contributed by atoms with Gasteiger partial charge in [-0.1, -0.05) is 42.5 Å². The molecule has 22 heavy (non-hydrogen) atoms. The van der Waals surface area contributed by atoms with Crippen LogP contribution < -0.4 is 16.2 Å². The molecule has 0 fully saturated rings. The molecule has 0 saturated heterocycles. The highest BCUT2D eigenvalue weighted by Gasteiger charge is 2.11. The lowest BCUT2D eigenvalue weighted by molar-refractivity contribution is 0.302. The molecule has 0 heterocycles. The van der Waals surface area contributed by atoms with Gasteiger partial charge >= 0.3 is 0 Å². The van der Waals surface area contributed by atoms with Gasteiger partial charge in [-0.05, 0) is 55.5 Å². The Morgan fingerprint density at radius 2 is 1.68 bits per heavy atom. The van der Waals surface area contributed by atoms with E-state index in [2.05, 4.69) is 38.1 Å². The molecule has 3 nitrogen and oxygen atoms in total. The van der Waals surface area contributed by atoms with Gasteiger partial charge in [0.2, 0.25) is 0 Å². The molecule has 0 saturated carbocycles. The van der Waals surface area contributed by atoms with E-state index >= 15 is 0 Å². The molecule has 2 aromatic carbocycles. The Morgan fingerprint density at radius 1 is 1.05 bits per heavy atom. The lowest BCUT2D eigenvalue weighted by Gasteiger charge is -2.17. The van der Waals surface area contributed by atoms with Crippen LogP contribution in [0.5, 0.6) is 5.75 Å². The van der Waals surface area contributed by atoms with E-state index in [1.54, 1.807) is 0 Å². The van der Waals surface area contributed by atoms with Gasteiger partial charge in [0, 0.05) is 6.04 Å². The van der Waals surface area contributed by atoms with Crippen molar-refractivity contribution in [1.82, 2.24) is 0 Å². The molecule has 3 heteroatoms. The zero-order valence-corrected chi connectivity index (χ0v) is 13.5. The van der Waals surface area contributed by atoms with Crippen molar-refractivity contribution in [2.75, 3.05) is 6.54 Å². The molecule has 0 spiro atoms. The molecule has 0 aromatic heterocycles. The highest BCUT2D eigenvalue weighted by molar-refractivity contribution is 5.44. The van der Waals surface area contributed by atoms with Gasteiger partial charge in [0.15, 0.2) is 0 Å². The average molecular weight is 298 g/mol. The first-order chi connectivity index (χ1) is 10.6. The lowest BCUT2D eigenvalue weighted by Crippen LogP contribution is -2.13. The standard InChI is InChI=1S/C19H26N2O/c1-14-11-17(18(21)9-6-10-20)12-15(2)19(14)22-13-16-7-4-3-5-8-16/h3-5,7-8,11-12,18H,6,9-10,13,20-21H2,1-2H3/t18-/m1/s1. The Morgan fingerprint density at radius 3 is 2.27 bits per heavy atom. The molecule has 0 bridgehead atoms. The number of aryl methyl sites for hydroxylation is 2. The maximum atomic E-state index is 6.24. The minimum atomic E-state index is 0.0455. The van der Waals surface area contributed by atoms with Gasteiger partial charge in [0.1, 0.15) is 12.4 Å². The zero-order valence-electron chi connectivity index (χ0n) is 13.5.